The van der Waals surface area contributed by atoms with Crippen LogP contribution in [0.4, 0.5) is 0 Å². The van der Waals surface area contributed by atoms with E-state index in [1.165, 1.54) is 12.8 Å². The molecule has 1 saturated carbocycles. The van der Waals surface area contributed by atoms with Gasteiger partial charge in [0, 0.05) is 19.0 Å². The Morgan fingerprint density at radius 2 is 1.94 bits per heavy atom. The van der Waals surface area contributed by atoms with Crippen molar-refractivity contribution in [3.63, 3.8) is 0 Å². The Hall–Kier alpha value is -1.10. The van der Waals surface area contributed by atoms with Gasteiger partial charge in [-0.1, -0.05) is 0 Å². The minimum Gasteiger partial charge on any atom is -0.354 e. The van der Waals surface area contributed by atoms with Crippen LogP contribution in [-0.2, 0) is 9.59 Å². The van der Waals surface area contributed by atoms with Crippen molar-refractivity contribution >= 4 is 11.8 Å². The Bertz CT molecular complexity index is 262. The number of rotatable bonds is 8. The van der Waals surface area contributed by atoms with Gasteiger partial charge in [0.05, 0.1) is 6.54 Å². The minimum absolute atomic E-state index is 0.0220. The van der Waals surface area contributed by atoms with Crippen molar-refractivity contribution < 1.29 is 9.59 Å². The third kappa shape index (κ3) is 7.74. The average Bonchev–Trinajstić information content (AvgIpc) is 3.00. The smallest absolute Gasteiger partial charge is 0.233 e. The van der Waals surface area contributed by atoms with Crippen LogP contribution in [0.15, 0.2) is 0 Å². The lowest BCUT2D eigenvalue weighted by Gasteiger charge is -2.09. The third-order valence-electron chi connectivity index (χ3n) is 2.54. The van der Waals surface area contributed by atoms with E-state index >= 15 is 0 Å². The standard InChI is InChI=1S/C12H23N3O2/c1-9(2)15-11(16)5-6-14-12(17)8-13-7-10-3-4-10/h9-10,13H,3-8H2,1-2H3,(H,14,17)(H,15,16). The highest BCUT2D eigenvalue weighted by Crippen LogP contribution is 2.27. The number of nitrogens with one attached hydrogen (secondary N) is 3. The van der Waals surface area contributed by atoms with Crippen molar-refractivity contribution in [2.45, 2.75) is 39.2 Å². The van der Waals surface area contributed by atoms with Crippen LogP contribution in [0, 0.1) is 5.92 Å². The van der Waals surface area contributed by atoms with Crippen LogP contribution in [0.5, 0.6) is 0 Å². The molecular weight excluding hydrogens is 218 g/mol. The summed E-state index contributed by atoms with van der Waals surface area (Å²) in [6, 6.07) is 0.151. The monoisotopic (exact) mass is 241 g/mol. The molecule has 0 saturated heterocycles. The number of carbonyl (C=O) groups excluding carboxylic acids is 2. The number of hydrogen-bond acceptors (Lipinski definition) is 3. The van der Waals surface area contributed by atoms with Gasteiger partial charge in [0.25, 0.3) is 0 Å². The van der Waals surface area contributed by atoms with Crippen LogP contribution in [0.1, 0.15) is 33.1 Å². The molecule has 2 amide bonds. The molecule has 1 rings (SSSR count). The fourth-order valence-electron chi connectivity index (χ4n) is 1.48. The van der Waals surface area contributed by atoms with E-state index in [0.717, 1.165) is 12.5 Å². The van der Waals surface area contributed by atoms with Gasteiger partial charge < -0.3 is 16.0 Å². The van der Waals surface area contributed by atoms with Crippen LogP contribution < -0.4 is 16.0 Å². The first-order chi connectivity index (χ1) is 8.08. The van der Waals surface area contributed by atoms with Crippen molar-refractivity contribution in [2.75, 3.05) is 19.6 Å². The lowest BCUT2D eigenvalue weighted by Crippen LogP contribution is -2.38. The Kier molecular flexibility index (Phi) is 5.97. The summed E-state index contributed by atoms with van der Waals surface area (Å²) < 4.78 is 0. The summed E-state index contributed by atoms with van der Waals surface area (Å²) in [5, 5.41) is 8.60. The molecule has 0 bridgehead atoms. The normalized spacial score (nSPS) is 14.8. The van der Waals surface area contributed by atoms with Gasteiger partial charge in [0.1, 0.15) is 0 Å². The van der Waals surface area contributed by atoms with Crippen LogP contribution >= 0.6 is 0 Å². The topological polar surface area (TPSA) is 70.2 Å². The first-order valence-corrected chi connectivity index (χ1v) is 6.34. The van der Waals surface area contributed by atoms with Gasteiger partial charge in [0.2, 0.25) is 11.8 Å². The van der Waals surface area contributed by atoms with Crippen molar-refractivity contribution in [1.82, 2.24) is 16.0 Å². The van der Waals surface area contributed by atoms with Gasteiger partial charge in [-0.15, -0.1) is 0 Å². The quantitative estimate of drug-likeness (QED) is 0.561. The van der Waals surface area contributed by atoms with Crippen molar-refractivity contribution in [3.05, 3.63) is 0 Å². The van der Waals surface area contributed by atoms with Crippen LogP contribution in [-0.4, -0.2) is 37.5 Å². The summed E-state index contributed by atoms with van der Waals surface area (Å²) in [7, 11) is 0. The first kappa shape index (κ1) is 14.0. The average molecular weight is 241 g/mol. The second kappa shape index (κ2) is 7.27. The summed E-state index contributed by atoms with van der Waals surface area (Å²) in [6.07, 6.45) is 2.90. The highest BCUT2D eigenvalue weighted by atomic mass is 16.2. The van der Waals surface area contributed by atoms with E-state index < -0.39 is 0 Å². The van der Waals surface area contributed by atoms with Crippen LogP contribution in [0.25, 0.3) is 0 Å². The lowest BCUT2D eigenvalue weighted by molar-refractivity contribution is -0.122. The fourth-order valence-corrected chi connectivity index (χ4v) is 1.48. The maximum Gasteiger partial charge on any atom is 0.233 e. The molecule has 1 aliphatic rings. The molecule has 0 radical (unpaired) electrons. The predicted molar refractivity (Wildman–Crippen MR) is 66.5 cm³/mol. The molecule has 5 heteroatoms. The molecule has 17 heavy (non-hydrogen) atoms. The summed E-state index contributed by atoms with van der Waals surface area (Å²) in [5.74, 6) is 0.717. The molecule has 5 nitrogen and oxygen atoms in total. The molecule has 0 aromatic carbocycles. The summed E-state index contributed by atoms with van der Waals surface area (Å²) in [5.41, 5.74) is 0. The zero-order valence-corrected chi connectivity index (χ0v) is 10.7. The van der Waals surface area contributed by atoms with E-state index in [2.05, 4.69) is 16.0 Å². The van der Waals surface area contributed by atoms with Gasteiger partial charge >= 0.3 is 0 Å². The van der Waals surface area contributed by atoms with E-state index in [0.29, 0.717) is 19.5 Å². The van der Waals surface area contributed by atoms with E-state index in [4.69, 9.17) is 0 Å². The second-order valence-corrected chi connectivity index (χ2v) is 4.90. The Morgan fingerprint density at radius 1 is 1.24 bits per heavy atom. The molecule has 0 aromatic rings. The van der Waals surface area contributed by atoms with E-state index in [9.17, 15) is 9.59 Å². The van der Waals surface area contributed by atoms with Crippen molar-refractivity contribution in [1.29, 1.82) is 0 Å². The van der Waals surface area contributed by atoms with Gasteiger partial charge in [-0.25, -0.2) is 0 Å². The molecule has 1 aliphatic carbocycles. The second-order valence-electron chi connectivity index (χ2n) is 4.90. The van der Waals surface area contributed by atoms with Gasteiger partial charge in [-0.2, -0.15) is 0 Å². The van der Waals surface area contributed by atoms with Crippen LogP contribution in [0.3, 0.4) is 0 Å². The molecule has 0 heterocycles. The first-order valence-electron chi connectivity index (χ1n) is 6.34. The minimum atomic E-state index is -0.0389. The molecular formula is C12H23N3O2. The number of amides is 2. The Labute approximate surface area is 103 Å². The Balaban J connectivity index is 1.93. The third-order valence-corrected chi connectivity index (χ3v) is 2.54. The molecule has 0 aromatic heterocycles. The SMILES string of the molecule is CC(C)NC(=O)CCNC(=O)CNCC1CC1. The lowest BCUT2D eigenvalue weighted by atomic mass is 10.3. The summed E-state index contributed by atoms with van der Waals surface area (Å²) >= 11 is 0. The zero-order valence-electron chi connectivity index (χ0n) is 10.7. The van der Waals surface area contributed by atoms with Gasteiger partial charge in [-0.3, -0.25) is 9.59 Å². The van der Waals surface area contributed by atoms with E-state index in [-0.39, 0.29) is 17.9 Å². The van der Waals surface area contributed by atoms with Gasteiger partial charge in [0.15, 0.2) is 0 Å². The number of carbonyl (C=O) groups is 2. The molecule has 0 atom stereocenters. The molecule has 1 fully saturated rings. The molecule has 0 aliphatic heterocycles. The highest BCUT2D eigenvalue weighted by Gasteiger charge is 2.20. The largest absolute Gasteiger partial charge is 0.354 e. The maximum absolute atomic E-state index is 11.3. The number of hydrogen-bond donors (Lipinski definition) is 3. The summed E-state index contributed by atoms with van der Waals surface area (Å²) in [6.45, 7) is 5.52. The van der Waals surface area contributed by atoms with Crippen molar-refractivity contribution in [3.8, 4) is 0 Å². The molecule has 0 spiro atoms. The predicted octanol–water partition coefficient (Wildman–Crippen LogP) is 0.0169. The summed E-state index contributed by atoms with van der Waals surface area (Å²) in [4.78, 5) is 22.6. The Morgan fingerprint density at radius 3 is 2.53 bits per heavy atom. The molecule has 3 N–H and O–H groups in total. The zero-order chi connectivity index (χ0) is 12.7. The molecule has 0 unspecified atom stereocenters. The maximum atomic E-state index is 11.3. The van der Waals surface area contributed by atoms with Crippen LogP contribution in [0.2, 0.25) is 0 Å². The highest BCUT2D eigenvalue weighted by molar-refractivity contribution is 5.80. The van der Waals surface area contributed by atoms with E-state index in [1.807, 2.05) is 13.8 Å². The molecule has 98 valence electrons. The fraction of sp³-hybridized carbons (Fsp3) is 0.833. The van der Waals surface area contributed by atoms with Crippen molar-refractivity contribution in [2.24, 2.45) is 5.92 Å². The van der Waals surface area contributed by atoms with E-state index in [1.54, 1.807) is 0 Å². The van der Waals surface area contributed by atoms with Gasteiger partial charge in [-0.05, 0) is 39.2 Å².